The zero-order chi connectivity index (χ0) is 8.69. The number of allylic oxidation sites excluding steroid dienone is 1. The molecule has 2 heteroatoms. The van der Waals surface area contributed by atoms with Crippen molar-refractivity contribution in [3.63, 3.8) is 0 Å². The third kappa shape index (κ3) is 5.40. The Balaban J connectivity index is 3.87. The zero-order valence-corrected chi connectivity index (χ0v) is 7.04. The number of ether oxygens (including phenoxy) is 1. The summed E-state index contributed by atoms with van der Waals surface area (Å²) in [5, 5.41) is 0. The van der Waals surface area contributed by atoms with Crippen molar-refractivity contribution >= 4 is 5.97 Å². The molecular formula is C9H14O2. The molecule has 11 heavy (non-hydrogen) atoms. The highest BCUT2D eigenvalue weighted by atomic mass is 16.5. The number of carbonyl (C=O) groups excluding carboxylic acids is 1. The van der Waals surface area contributed by atoms with Gasteiger partial charge in [0, 0.05) is 13.3 Å². The average molecular weight is 154 g/mol. The van der Waals surface area contributed by atoms with Crippen LogP contribution < -0.4 is 0 Å². The topological polar surface area (TPSA) is 26.3 Å². The number of hydrogen-bond acceptors (Lipinski definition) is 2. The predicted molar refractivity (Wildman–Crippen MR) is 45.2 cm³/mol. The van der Waals surface area contributed by atoms with Gasteiger partial charge in [0.25, 0.3) is 0 Å². The summed E-state index contributed by atoms with van der Waals surface area (Å²) in [6.07, 6.45) is 5.95. The van der Waals surface area contributed by atoms with Crippen molar-refractivity contribution < 1.29 is 9.53 Å². The molecule has 0 rings (SSSR count). The quantitative estimate of drug-likeness (QED) is 0.457. The van der Waals surface area contributed by atoms with Crippen LogP contribution in [-0.4, -0.2) is 12.1 Å². The molecule has 0 radical (unpaired) electrons. The van der Waals surface area contributed by atoms with E-state index in [0.717, 1.165) is 0 Å². The first-order valence-electron chi connectivity index (χ1n) is 3.61. The molecule has 0 aliphatic heterocycles. The van der Waals surface area contributed by atoms with Gasteiger partial charge >= 0.3 is 5.97 Å². The van der Waals surface area contributed by atoms with Crippen LogP contribution in [0.15, 0.2) is 24.8 Å². The van der Waals surface area contributed by atoms with Crippen LogP contribution in [0.25, 0.3) is 0 Å². The Morgan fingerprint density at radius 1 is 1.73 bits per heavy atom. The molecule has 0 bridgehead atoms. The summed E-state index contributed by atoms with van der Waals surface area (Å²) in [6.45, 7) is 6.86. The summed E-state index contributed by atoms with van der Waals surface area (Å²) in [5.41, 5.74) is 0. The third-order valence-corrected chi connectivity index (χ3v) is 1.12. The van der Waals surface area contributed by atoms with Crippen LogP contribution in [0.4, 0.5) is 0 Å². The fourth-order valence-electron chi connectivity index (χ4n) is 0.758. The lowest BCUT2D eigenvalue weighted by Crippen LogP contribution is -2.12. The predicted octanol–water partition coefficient (Wildman–Crippen LogP) is 2.07. The first kappa shape index (κ1) is 9.95. The van der Waals surface area contributed by atoms with Crippen LogP contribution in [0.1, 0.15) is 20.3 Å². The summed E-state index contributed by atoms with van der Waals surface area (Å²) in [7, 11) is 0. The maximum atomic E-state index is 10.5. The van der Waals surface area contributed by atoms with E-state index in [0.29, 0.717) is 6.42 Å². The van der Waals surface area contributed by atoms with Gasteiger partial charge in [-0.2, -0.15) is 0 Å². The minimum Gasteiger partial charge on any atom is -0.458 e. The Morgan fingerprint density at radius 3 is 2.73 bits per heavy atom. The normalized spacial score (nSPS) is 12.9. The van der Waals surface area contributed by atoms with Crippen molar-refractivity contribution in [1.82, 2.24) is 0 Å². The third-order valence-electron chi connectivity index (χ3n) is 1.12. The second-order valence-corrected chi connectivity index (χ2v) is 2.20. The SMILES string of the molecule is C=CC[C@H](/C=C/C)OC(C)=O. The van der Waals surface area contributed by atoms with E-state index in [9.17, 15) is 4.79 Å². The Morgan fingerprint density at radius 2 is 2.36 bits per heavy atom. The molecule has 0 unspecified atom stereocenters. The van der Waals surface area contributed by atoms with Gasteiger partial charge in [0.1, 0.15) is 6.10 Å². The smallest absolute Gasteiger partial charge is 0.303 e. The highest BCUT2D eigenvalue weighted by Gasteiger charge is 2.03. The molecule has 0 saturated carbocycles. The van der Waals surface area contributed by atoms with Gasteiger partial charge in [-0.3, -0.25) is 4.79 Å². The minimum absolute atomic E-state index is 0.144. The summed E-state index contributed by atoms with van der Waals surface area (Å²) in [4.78, 5) is 10.5. The molecule has 0 aliphatic carbocycles. The molecule has 0 fully saturated rings. The molecule has 2 nitrogen and oxygen atoms in total. The van der Waals surface area contributed by atoms with Crippen LogP contribution in [0.5, 0.6) is 0 Å². The van der Waals surface area contributed by atoms with E-state index < -0.39 is 0 Å². The molecule has 0 N–H and O–H groups in total. The van der Waals surface area contributed by atoms with Crippen molar-refractivity contribution in [3.05, 3.63) is 24.8 Å². The molecule has 0 heterocycles. The monoisotopic (exact) mass is 154 g/mol. The fraction of sp³-hybridized carbons (Fsp3) is 0.444. The fourth-order valence-corrected chi connectivity index (χ4v) is 0.758. The highest BCUT2D eigenvalue weighted by Crippen LogP contribution is 2.01. The molecular weight excluding hydrogens is 140 g/mol. The summed E-state index contributed by atoms with van der Waals surface area (Å²) < 4.78 is 4.93. The van der Waals surface area contributed by atoms with Gasteiger partial charge in [0.05, 0.1) is 0 Å². The molecule has 0 aromatic rings. The highest BCUT2D eigenvalue weighted by molar-refractivity contribution is 5.66. The maximum absolute atomic E-state index is 10.5. The van der Waals surface area contributed by atoms with Crippen molar-refractivity contribution in [3.8, 4) is 0 Å². The van der Waals surface area contributed by atoms with E-state index in [2.05, 4.69) is 6.58 Å². The molecule has 1 atom stereocenters. The van der Waals surface area contributed by atoms with Gasteiger partial charge in [0.2, 0.25) is 0 Å². The summed E-state index contributed by atoms with van der Waals surface area (Å²) in [5.74, 6) is -0.255. The van der Waals surface area contributed by atoms with Crippen molar-refractivity contribution in [2.45, 2.75) is 26.4 Å². The van der Waals surface area contributed by atoms with E-state index in [-0.39, 0.29) is 12.1 Å². The molecule has 0 amide bonds. The van der Waals surface area contributed by atoms with E-state index >= 15 is 0 Å². The van der Waals surface area contributed by atoms with Crippen LogP contribution in [0.2, 0.25) is 0 Å². The van der Waals surface area contributed by atoms with Crippen LogP contribution in [0, 0.1) is 0 Å². The van der Waals surface area contributed by atoms with E-state index in [4.69, 9.17) is 4.74 Å². The lowest BCUT2D eigenvalue weighted by molar-refractivity contribution is -0.143. The van der Waals surface area contributed by atoms with Crippen LogP contribution >= 0.6 is 0 Å². The number of esters is 1. The molecule has 0 aliphatic rings. The number of carbonyl (C=O) groups is 1. The first-order valence-corrected chi connectivity index (χ1v) is 3.61. The van der Waals surface area contributed by atoms with Gasteiger partial charge in [0.15, 0.2) is 0 Å². The van der Waals surface area contributed by atoms with Crippen molar-refractivity contribution in [1.29, 1.82) is 0 Å². The van der Waals surface area contributed by atoms with Gasteiger partial charge in [-0.1, -0.05) is 12.2 Å². The second-order valence-electron chi connectivity index (χ2n) is 2.20. The molecule has 62 valence electrons. The Labute approximate surface area is 67.6 Å². The van der Waals surface area contributed by atoms with Crippen molar-refractivity contribution in [2.24, 2.45) is 0 Å². The van der Waals surface area contributed by atoms with Gasteiger partial charge in [-0.05, 0) is 13.0 Å². The van der Waals surface area contributed by atoms with Gasteiger partial charge in [-0.15, -0.1) is 6.58 Å². The Bertz CT molecular complexity index is 159. The molecule has 0 aromatic carbocycles. The number of rotatable bonds is 4. The maximum Gasteiger partial charge on any atom is 0.303 e. The second kappa shape index (κ2) is 5.71. The number of hydrogen-bond donors (Lipinski definition) is 0. The van der Waals surface area contributed by atoms with E-state index in [1.165, 1.54) is 6.92 Å². The van der Waals surface area contributed by atoms with Gasteiger partial charge in [-0.25, -0.2) is 0 Å². The standard InChI is InChI=1S/C9H14O2/c1-4-6-9(7-5-2)11-8(3)10/h4-5,7,9H,1,6H2,2-3H3/b7-5+/t9-/m1/s1. The summed E-state index contributed by atoms with van der Waals surface area (Å²) in [6, 6.07) is 0. The summed E-state index contributed by atoms with van der Waals surface area (Å²) >= 11 is 0. The zero-order valence-electron chi connectivity index (χ0n) is 7.04. The first-order chi connectivity index (χ1) is 5.20. The average Bonchev–Trinajstić information content (AvgIpc) is 1.87. The molecule has 0 spiro atoms. The Hall–Kier alpha value is -1.05. The van der Waals surface area contributed by atoms with Crippen LogP contribution in [0.3, 0.4) is 0 Å². The minimum atomic E-state index is -0.255. The lowest BCUT2D eigenvalue weighted by atomic mass is 10.2. The van der Waals surface area contributed by atoms with Crippen molar-refractivity contribution in [2.75, 3.05) is 0 Å². The lowest BCUT2D eigenvalue weighted by Gasteiger charge is -2.09. The van der Waals surface area contributed by atoms with E-state index in [1.807, 2.05) is 19.1 Å². The largest absolute Gasteiger partial charge is 0.458 e. The van der Waals surface area contributed by atoms with Gasteiger partial charge < -0.3 is 4.74 Å². The van der Waals surface area contributed by atoms with E-state index in [1.54, 1.807) is 6.08 Å². The molecule has 0 saturated heterocycles. The van der Waals surface area contributed by atoms with Crippen LogP contribution in [-0.2, 0) is 9.53 Å². The Kier molecular flexibility index (Phi) is 5.17. The molecule has 0 aromatic heterocycles.